The number of nitrogens with zero attached hydrogens (tertiary/aromatic N) is 5. The van der Waals surface area contributed by atoms with Gasteiger partial charge in [-0.05, 0) is 62.9 Å². The maximum atomic E-state index is 13.4. The van der Waals surface area contributed by atoms with E-state index in [0.29, 0.717) is 13.1 Å². The number of likely N-dealkylation sites (tertiary alicyclic amines) is 1. The maximum Gasteiger partial charge on any atom is 0.229 e. The molecular formula is C30H39N7O2S. The quantitative estimate of drug-likeness (QED) is 0.288. The number of amides is 1. The fourth-order valence-electron chi connectivity index (χ4n) is 5.51. The maximum absolute atomic E-state index is 13.4. The largest absolute Gasteiger partial charge is 0.393 e. The minimum Gasteiger partial charge on any atom is -0.393 e. The Kier molecular flexibility index (Phi) is 8.48. The standard InChI is InChI=1S/C28H33N7O2S.C2H6/c1-28(2,15-34-9-7-20(36)8-10-34)27(37)35-11-5-18(6-12-35)23-14-21-25(29-16-30-26(21)33-23)32-19-3-4-22-24(13-19)38-17-31-22;1-2/h3-5,13-14,16-17,20,36H,6-12,15H2,1-2H3,(H2,29,30,32,33);1-2H3. The first-order valence-electron chi connectivity index (χ1n) is 14.2. The van der Waals surface area contributed by atoms with Crippen molar-refractivity contribution in [2.45, 2.75) is 53.1 Å². The zero-order valence-electron chi connectivity index (χ0n) is 23.8. The molecule has 0 atom stereocenters. The SMILES string of the molecule is CC.CC(C)(CN1CCC(O)CC1)C(=O)N1CC=C(c2cc3c(Nc4ccc5ncsc5c4)ncnc3[nH]2)CC1. The molecule has 0 aliphatic carbocycles. The average Bonchev–Trinajstić information content (AvgIpc) is 3.63. The van der Waals surface area contributed by atoms with E-state index in [0.717, 1.165) is 77.3 Å². The molecule has 1 fully saturated rings. The molecule has 0 spiro atoms. The van der Waals surface area contributed by atoms with Gasteiger partial charge in [0, 0.05) is 44.1 Å². The summed E-state index contributed by atoms with van der Waals surface area (Å²) >= 11 is 1.61. The Balaban J connectivity index is 0.00000158. The van der Waals surface area contributed by atoms with Crippen molar-refractivity contribution in [1.29, 1.82) is 0 Å². The molecule has 2 aliphatic heterocycles. The van der Waals surface area contributed by atoms with Crippen LogP contribution in [-0.4, -0.2) is 79.6 Å². The summed E-state index contributed by atoms with van der Waals surface area (Å²) in [5, 5.41) is 14.2. The first-order valence-corrected chi connectivity index (χ1v) is 15.1. The summed E-state index contributed by atoms with van der Waals surface area (Å²) in [6, 6.07) is 8.20. The van der Waals surface area contributed by atoms with Crippen molar-refractivity contribution in [2.75, 3.05) is 38.0 Å². The third-order valence-electron chi connectivity index (χ3n) is 7.62. The van der Waals surface area contributed by atoms with E-state index in [1.54, 1.807) is 17.7 Å². The lowest BCUT2D eigenvalue weighted by atomic mass is 9.89. The summed E-state index contributed by atoms with van der Waals surface area (Å²) in [6.07, 6.45) is 5.87. The highest BCUT2D eigenvalue weighted by atomic mass is 32.1. The molecule has 2 aliphatic rings. The number of nitrogens with one attached hydrogen (secondary N) is 2. The van der Waals surface area contributed by atoms with Crippen LogP contribution in [-0.2, 0) is 4.79 Å². The van der Waals surface area contributed by atoms with Gasteiger partial charge in [-0.3, -0.25) is 4.79 Å². The van der Waals surface area contributed by atoms with Gasteiger partial charge in [0.05, 0.1) is 32.6 Å². The van der Waals surface area contributed by atoms with Gasteiger partial charge in [0.15, 0.2) is 0 Å². The van der Waals surface area contributed by atoms with Crippen LogP contribution in [0.3, 0.4) is 0 Å². The Labute approximate surface area is 239 Å². The number of anilines is 2. The minimum absolute atomic E-state index is 0.186. The number of fused-ring (bicyclic) bond motifs is 2. The van der Waals surface area contributed by atoms with Gasteiger partial charge in [0.2, 0.25) is 5.91 Å². The molecule has 1 saturated heterocycles. The molecule has 3 aromatic heterocycles. The van der Waals surface area contributed by atoms with Gasteiger partial charge in [-0.25, -0.2) is 15.0 Å². The number of aliphatic hydroxyl groups excluding tert-OH is 1. The van der Waals surface area contributed by atoms with Crippen LogP contribution in [0.25, 0.3) is 26.8 Å². The van der Waals surface area contributed by atoms with Gasteiger partial charge in [-0.1, -0.05) is 19.9 Å². The van der Waals surface area contributed by atoms with Crippen molar-refractivity contribution in [3.63, 3.8) is 0 Å². The second-order valence-corrected chi connectivity index (χ2v) is 11.8. The molecular weight excluding hydrogens is 522 g/mol. The molecule has 40 heavy (non-hydrogen) atoms. The van der Waals surface area contributed by atoms with Gasteiger partial charge in [-0.15, -0.1) is 11.3 Å². The zero-order valence-corrected chi connectivity index (χ0v) is 24.6. The highest BCUT2D eigenvalue weighted by molar-refractivity contribution is 7.16. The minimum atomic E-state index is -0.465. The number of H-pyrrole nitrogens is 1. The Bertz CT molecular complexity index is 1500. The number of piperidine rings is 1. The molecule has 1 amide bonds. The van der Waals surface area contributed by atoms with E-state index in [1.165, 1.54) is 5.57 Å². The molecule has 0 bridgehead atoms. The highest BCUT2D eigenvalue weighted by Gasteiger charge is 2.35. The van der Waals surface area contributed by atoms with Crippen LogP contribution in [0.15, 0.2) is 42.2 Å². The van der Waals surface area contributed by atoms with Crippen molar-refractivity contribution in [3.8, 4) is 0 Å². The number of hydrogen-bond acceptors (Lipinski definition) is 8. The molecule has 0 radical (unpaired) electrons. The van der Waals surface area contributed by atoms with Crippen LogP contribution in [0.2, 0.25) is 0 Å². The number of aromatic amines is 1. The number of aromatic nitrogens is 4. The van der Waals surface area contributed by atoms with Crippen LogP contribution in [0, 0.1) is 5.41 Å². The van der Waals surface area contributed by atoms with Gasteiger partial charge >= 0.3 is 0 Å². The van der Waals surface area contributed by atoms with Crippen LogP contribution in [0.5, 0.6) is 0 Å². The van der Waals surface area contributed by atoms with Crippen LogP contribution >= 0.6 is 11.3 Å². The Hall–Kier alpha value is -3.34. The van der Waals surface area contributed by atoms with Crippen molar-refractivity contribution in [1.82, 2.24) is 29.7 Å². The van der Waals surface area contributed by atoms with Crippen molar-refractivity contribution in [2.24, 2.45) is 5.41 Å². The molecule has 5 heterocycles. The van der Waals surface area contributed by atoms with Crippen molar-refractivity contribution >= 4 is 55.6 Å². The lowest BCUT2D eigenvalue weighted by molar-refractivity contribution is -0.141. The number of rotatable bonds is 6. The zero-order chi connectivity index (χ0) is 28.3. The molecule has 212 valence electrons. The molecule has 4 aromatic rings. The summed E-state index contributed by atoms with van der Waals surface area (Å²) in [4.78, 5) is 34.4. The number of carbonyl (C=O) groups excluding carboxylic acids is 1. The smallest absolute Gasteiger partial charge is 0.229 e. The average molecular weight is 562 g/mol. The topological polar surface area (TPSA) is 110 Å². The van der Waals surface area contributed by atoms with E-state index >= 15 is 0 Å². The molecule has 3 N–H and O–H groups in total. The van der Waals surface area contributed by atoms with E-state index < -0.39 is 5.41 Å². The summed E-state index contributed by atoms with van der Waals surface area (Å²) in [7, 11) is 0. The first-order chi connectivity index (χ1) is 19.4. The fraction of sp³-hybridized carbons (Fsp3) is 0.467. The Morgan fingerprint density at radius 3 is 2.70 bits per heavy atom. The van der Waals surface area contributed by atoms with Gasteiger partial charge in [-0.2, -0.15) is 0 Å². The number of thiazole rings is 1. The second-order valence-electron chi connectivity index (χ2n) is 10.9. The normalized spacial score (nSPS) is 17.0. The van der Waals surface area contributed by atoms with E-state index in [2.05, 4.69) is 48.4 Å². The second kappa shape index (κ2) is 12.0. The fourth-order valence-corrected chi connectivity index (χ4v) is 6.23. The molecule has 0 unspecified atom stereocenters. The van der Waals surface area contributed by atoms with Gasteiger partial charge in [0.1, 0.15) is 17.8 Å². The molecule has 6 rings (SSSR count). The van der Waals surface area contributed by atoms with Crippen LogP contribution in [0.4, 0.5) is 11.5 Å². The summed E-state index contributed by atoms with van der Waals surface area (Å²) < 4.78 is 1.12. The molecule has 1 aromatic carbocycles. The van der Waals surface area contributed by atoms with Gasteiger partial charge < -0.3 is 25.2 Å². The summed E-state index contributed by atoms with van der Waals surface area (Å²) in [5.74, 6) is 0.937. The number of carbonyl (C=O) groups is 1. The van der Waals surface area contributed by atoms with Crippen molar-refractivity contribution < 1.29 is 9.90 Å². The van der Waals surface area contributed by atoms with Crippen molar-refractivity contribution in [3.05, 3.63) is 47.9 Å². The third kappa shape index (κ3) is 6.04. The lowest BCUT2D eigenvalue weighted by Gasteiger charge is -2.38. The lowest BCUT2D eigenvalue weighted by Crippen LogP contribution is -2.49. The highest BCUT2D eigenvalue weighted by Crippen LogP contribution is 2.31. The Morgan fingerprint density at radius 1 is 1.15 bits per heavy atom. The summed E-state index contributed by atoms with van der Waals surface area (Å²) in [6.45, 7) is 11.8. The van der Waals surface area contributed by atoms with E-state index in [4.69, 9.17) is 0 Å². The van der Waals surface area contributed by atoms with E-state index in [9.17, 15) is 9.90 Å². The number of aliphatic hydroxyl groups is 1. The van der Waals surface area contributed by atoms with E-state index in [1.807, 2.05) is 50.2 Å². The number of benzene rings is 1. The van der Waals surface area contributed by atoms with Crippen LogP contribution in [0.1, 0.15) is 52.7 Å². The van der Waals surface area contributed by atoms with E-state index in [-0.39, 0.29) is 12.0 Å². The first kappa shape index (κ1) is 28.2. The molecule has 10 heteroatoms. The van der Waals surface area contributed by atoms with Crippen LogP contribution < -0.4 is 5.32 Å². The molecule has 9 nitrogen and oxygen atoms in total. The predicted octanol–water partition coefficient (Wildman–Crippen LogP) is 5.44. The third-order valence-corrected chi connectivity index (χ3v) is 8.41. The summed E-state index contributed by atoms with van der Waals surface area (Å²) in [5.41, 5.74) is 6.31. The number of hydrogen-bond donors (Lipinski definition) is 3. The Morgan fingerprint density at radius 2 is 1.95 bits per heavy atom. The van der Waals surface area contributed by atoms with Gasteiger partial charge in [0.25, 0.3) is 0 Å². The molecule has 0 saturated carbocycles. The monoisotopic (exact) mass is 561 g/mol. The predicted molar refractivity (Wildman–Crippen MR) is 163 cm³/mol.